The van der Waals surface area contributed by atoms with Crippen molar-refractivity contribution < 1.29 is 4.79 Å². The fourth-order valence-electron chi connectivity index (χ4n) is 5.75. The van der Waals surface area contributed by atoms with Gasteiger partial charge in [-0.05, 0) is 46.5 Å². The molecule has 1 saturated heterocycles. The molecule has 34 heavy (non-hydrogen) atoms. The summed E-state index contributed by atoms with van der Waals surface area (Å²) in [6, 6.07) is 29.2. The zero-order valence-electron chi connectivity index (χ0n) is 18.7. The van der Waals surface area contributed by atoms with Gasteiger partial charge in [-0.15, -0.1) is 5.10 Å². The fourth-order valence-corrected chi connectivity index (χ4v) is 5.75. The van der Waals surface area contributed by atoms with Gasteiger partial charge < -0.3 is 4.90 Å². The molecule has 7 heteroatoms. The molecule has 3 aromatic carbocycles. The maximum absolute atomic E-state index is 13.9. The summed E-state index contributed by atoms with van der Waals surface area (Å²) in [6.07, 6.45) is 2.05. The van der Waals surface area contributed by atoms with Crippen molar-refractivity contribution in [3.8, 4) is 5.69 Å². The molecule has 4 aromatic rings. The third kappa shape index (κ3) is 2.80. The van der Waals surface area contributed by atoms with Gasteiger partial charge >= 0.3 is 0 Å². The van der Waals surface area contributed by atoms with Crippen LogP contribution in [0.3, 0.4) is 0 Å². The van der Waals surface area contributed by atoms with Gasteiger partial charge in [0.05, 0.1) is 17.3 Å². The van der Waals surface area contributed by atoms with Crippen LogP contribution >= 0.6 is 0 Å². The normalized spacial score (nSPS) is 19.0. The molecule has 0 N–H and O–H groups in total. The highest BCUT2D eigenvalue weighted by Crippen LogP contribution is 2.49. The lowest BCUT2D eigenvalue weighted by Crippen LogP contribution is -2.70. The van der Waals surface area contributed by atoms with Crippen molar-refractivity contribution in [3.63, 3.8) is 0 Å². The van der Waals surface area contributed by atoms with Crippen LogP contribution in [-0.4, -0.2) is 55.0 Å². The number of tetrazole rings is 1. The van der Waals surface area contributed by atoms with Gasteiger partial charge in [-0.2, -0.15) is 4.68 Å². The van der Waals surface area contributed by atoms with Crippen LogP contribution in [-0.2, 0) is 5.54 Å². The predicted octanol–water partition coefficient (Wildman–Crippen LogP) is 3.58. The number of amides is 1. The molecule has 168 valence electrons. The molecule has 1 saturated carbocycles. The Morgan fingerprint density at radius 2 is 1.44 bits per heavy atom. The minimum absolute atomic E-state index is 0.0704. The summed E-state index contributed by atoms with van der Waals surface area (Å²) in [7, 11) is 0. The lowest BCUT2D eigenvalue weighted by atomic mass is 9.82. The van der Waals surface area contributed by atoms with Gasteiger partial charge in [0.1, 0.15) is 5.54 Å². The molecular weight excluding hydrogens is 424 g/mol. The fraction of sp³-hybridized carbons (Fsp3) is 0.259. The van der Waals surface area contributed by atoms with Crippen molar-refractivity contribution in [1.29, 1.82) is 0 Å². The summed E-state index contributed by atoms with van der Waals surface area (Å²) in [5.74, 6) is 0.829. The van der Waals surface area contributed by atoms with E-state index in [0.717, 1.165) is 24.4 Å². The van der Waals surface area contributed by atoms with E-state index in [1.165, 1.54) is 11.1 Å². The number of hydrogen-bond donors (Lipinski definition) is 0. The zero-order valence-corrected chi connectivity index (χ0v) is 18.7. The average molecular weight is 449 g/mol. The van der Waals surface area contributed by atoms with E-state index in [2.05, 4.69) is 73.9 Å². The topological polar surface area (TPSA) is 67.2 Å². The van der Waals surface area contributed by atoms with Crippen molar-refractivity contribution in [3.05, 3.63) is 107 Å². The van der Waals surface area contributed by atoms with E-state index in [9.17, 15) is 4.79 Å². The molecule has 1 aliphatic carbocycles. The number of benzene rings is 3. The van der Waals surface area contributed by atoms with E-state index in [1.807, 2.05) is 36.4 Å². The first kappa shape index (κ1) is 19.6. The van der Waals surface area contributed by atoms with Crippen LogP contribution in [0, 0.1) is 0 Å². The number of carbonyl (C=O) groups is 1. The van der Waals surface area contributed by atoms with Crippen molar-refractivity contribution >= 4 is 5.91 Å². The number of fused-ring (bicyclic) bond motifs is 4. The van der Waals surface area contributed by atoms with Gasteiger partial charge in [-0.25, -0.2) is 0 Å². The number of para-hydroxylation sites is 1. The lowest BCUT2D eigenvalue weighted by Gasteiger charge is -2.56. The molecule has 1 spiro atoms. The van der Waals surface area contributed by atoms with E-state index in [4.69, 9.17) is 0 Å². The van der Waals surface area contributed by atoms with Crippen LogP contribution in [0.2, 0.25) is 0 Å². The predicted molar refractivity (Wildman–Crippen MR) is 126 cm³/mol. The van der Waals surface area contributed by atoms with Gasteiger partial charge in [0.15, 0.2) is 5.82 Å². The minimum Gasteiger partial charge on any atom is -0.320 e. The first-order valence-electron chi connectivity index (χ1n) is 11.8. The Bertz CT molecular complexity index is 1320. The molecule has 0 atom stereocenters. The molecule has 3 heterocycles. The van der Waals surface area contributed by atoms with E-state index >= 15 is 0 Å². The van der Waals surface area contributed by atoms with Crippen molar-refractivity contribution in [1.82, 2.24) is 30.0 Å². The van der Waals surface area contributed by atoms with Gasteiger partial charge in [-0.3, -0.25) is 9.69 Å². The molecule has 1 amide bonds. The molecule has 7 rings (SSSR count). The maximum atomic E-state index is 13.9. The van der Waals surface area contributed by atoms with Crippen LogP contribution in [0.1, 0.15) is 46.2 Å². The minimum atomic E-state index is -0.553. The summed E-state index contributed by atoms with van der Waals surface area (Å²) >= 11 is 0. The Hall–Kier alpha value is -3.84. The highest BCUT2D eigenvalue weighted by Gasteiger charge is 2.60. The molecule has 0 bridgehead atoms. The molecule has 0 radical (unpaired) electrons. The van der Waals surface area contributed by atoms with Crippen LogP contribution in [0.4, 0.5) is 0 Å². The van der Waals surface area contributed by atoms with Crippen molar-refractivity contribution in [2.75, 3.05) is 13.1 Å². The van der Waals surface area contributed by atoms with E-state index in [0.29, 0.717) is 18.7 Å². The maximum Gasteiger partial charge on any atom is 0.257 e. The van der Waals surface area contributed by atoms with E-state index < -0.39 is 5.54 Å². The summed E-state index contributed by atoms with van der Waals surface area (Å²) < 4.78 is 1.78. The molecular formula is C27H24N6O. The molecule has 1 aromatic heterocycles. The number of rotatable bonds is 4. The smallest absolute Gasteiger partial charge is 0.257 e. The second-order valence-corrected chi connectivity index (χ2v) is 9.50. The average Bonchev–Trinajstić information content (AvgIpc) is 3.59. The van der Waals surface area contributed by atoms with Crippen LogP contribution in [0.15, 0.2) is 84.9 Å². The highest BCUT2D eigenvalue weighted by molar-refractivity contribution is 5.99. The Morgan fingerprint density at radius 3 is 2.09 bits per heavy atom. The van der Waals surface area contributed by atoms with Crippen LogP contribution in [0.25, 0.3) is 5.69 Å². The van der Waals surface area contributed by atoms with Crippen molar-refractivity contribution in [2.45, 2.75) is 30.5 Å². The SMILES string of the molecule is O=C1c2ccccc2-n2nnnc2C2(CN(C(c3ccccc3)c3ccccc3)C2)N1C1CC1. The third-order valence-electron chi connectivity index (χ3n) is 7.37. The van der Waals surface area contributed by atoms with Gasteiger partial charge in [0.25, 0.3) is 5.91 Å². The van der Waals surface area contributed by atoms with Crippen LogP contribution in [0.5, 0.6) is 0 Å². The van der Waals surface area contributed by atoms with Gasteiger partial charge in [0.2, 0.25) is 0 Å². The summed E-state index contributed by atoms with van der Waals surface area (Å²) in [5, 5.41) is 12.9. The van der Waals surface area contributed by atoms with Crippen molar-refractivity contribution in [2.24, 2.45) is 0 Å². The number of carbonyl (C=O) groups excluding carboxylic acids is 1. The van der Waals surface area contributed by atoms with Gasteiger partial charge in [-0.1, -0.05) is 72.8 Å². The second kappa shape index (κ2) is 7.33. The Balaban J connectivity index is 1.34. The Kier molecular flexibility index (Phi) is 4.23. The number of aromatic nitrogens is 4. The standard InChI is InChI=1S/C27H24N6O/c34-25-22-13-7-8-14-23(22)33-26(28-29-30-33)27(32(25)21-15-16-21)17-31(18-27)24(19-9-3-1-4-10-19)20-11-5-2-6-12-20/h1-14,21,24H,15-18H2. The first-order valence-corrected chi connectivity index (χ1v) is 11.8. The summed E-state index contributed by atoms with van der Waals surface area (Å²) in [5.41, 5.74) is 3.36. The Morgan fingerprint density at radius 1 is 0.824 bits per heavy atom. The highest BCUT2D eigenvalue weighted by atomic mass is 16.2. The number of nitrogens with zero attached hydrogens (tertiary/aromatic N) is 6. The summed E-state index contributed by atoms with van der Waals surface area (Å²) in [6.45, 7) is 1.36. The Labute approximate surface area is 197 Å². The van der Waals surface area contributed by atoms with Crippen LogP contribution < -0.4 is 0 Å². The number of likely N-dealkylation sites (tertiary alicyclic amines) is 1. The molecule has 7 nitrogen and oxygen atoms in total. The summed E-state index contributed by atoms with van der Waals surface area (Å²) in [4.78, 5) is 18.5. The van der Waals surface area contributed by atoms with E-state index in [1.54, 1.807) is 4.68 Å². The molecule has 0 unspecified atom stereocenters. The third-order valence-corrected chi connectivity index (χ3v) is 7.37. The lowest BCUT2D eigenvalue weighted by molar-refractivity contribution is -0.0678. The largest absolute Gasteiger partial charge is 0.320 e. The molecule has 2 aliphatic heterocycles. The molecule has 2 fully saturated rings. The van der Waals surface area contributed by atoms with Gasteiger partial charge in [0, 0.05) is 19.1 Å². The first-order chi connectivity index (χ1) is 16.8. The van der Waals surface area contributed by atoms with E-state index in [-0.39, 0.29) is 18.0 Å². The monoisotopic (exact) mass is 448 g/mol. The number of hydrogen-bond acceptors (Lipinski definition) is 5. The molecule has 3 aliphatic rings. The second-order valence-electron chi connectivity index (χ2n) is 9.50. The zero-order chi connectivity index (χ0) is 22.7. The quantitative estimate of drug-likeness (QED) is 0.477.